The van der Waals surface area contributed by atoms with Crippen LogP contribution in [0.5, 0.6) is 0 Å². The van der Waals surface area contributed by atoms with Crippen LogP contribution in [-0.4, -0.2) is 5.11 Å². The van der Waals surface area contributed by atoms with Gasteiger partial charge in [-0.1, -0.05) is 72.0 Å². The fourth-order valence-corrected chi connectivity index (χ4v) is 2.08. The predicted octanol–water partition coefficient (Wildman–Crippen LogP) is 4.01. The normalized spacial score (nSPS) is 10.8. The highest BCUT2D eigenvalue weighted by molar-refractivity contribution is 6.31. The van der Waals surface area contributed by atoms with Gasteiger partial charge in [0.25, 0.3) is 0 Å². The van der Waals surface area contributed by atoms with E-state index in [0.717, 1.165) is 12.8 Å². The molecule has 0 saturated carbocycles. The quantitative estimate of drug-likeness (QED) is 0.848. The second-order valence-corrected chi connectivity index (χ2v) is 4.89. The Morgan fingerprint density at radius 3 is 2.43 bits per heavy atom. The fourth-order valence-electron chi connectivity index (χ4n) is 1.84. The minimum atomic E-state index is -0.901. The maximum atomic E-state index is 9.91. The Balaban J connectivity index is 1.87. The van der Waals surface area contributed by atoms with Gasteiger partial charge in [-0.05, 0) is 29.9 Å². The van der Waals surface area contributed by atoms with E-state index in [1.54, 1.807) is 12.1 Å². The number of hydrogen-bond donors (Lipinski definition) is 1. The SMILES string of the molecule is O[C@@H](C#CC#CCCc1ccccc1)c1ccccc1Cl. The summed E-state index contributed by atoms with van der Waals surface area (Å²) in [6.45, 7) is 0. The molecule has 0 saturated heterocycles. The summed E-state index contributed by atoms with van der Waals surface area (Å²) in [5, 5.41) is 10.4. The van der Waals surface area contributed by atoms with Gasteiger partial charge in [0.15, 0.2) is 0 Å². The average molecular weight is 295 g/mol. The van der Waals surface area contributed by atoms with Gasteiger partial charge in [-0.3, -0.25) is 0 Å². The lowest BCUT2D eigenvalue weighted by atomic mass is 10.1. The van der Waals surface area contributed by atoms with Crippen molar-refractivity contribution in [3.63, 3.8) is 0 Å². The summed E-state index contributed by atoms with van der Waals surface area (Å²) in [6, 6.07) is 17.3. The minimum absolute atomic E-state index is 0.510. The summed E-state index contributed by atoms with van der Waals surface area (Å²) in [7, 11) is 0. The lowest BCUT2D eigenvalue weighted by molar-refractivity contribution is 0.238. The molecule has 1 atom stereocenters. The molecular formula is C19H15ClO. The third-order valence-corrected chi connectivity index (χ3v) is 3.29. The monoisotopic (exact) mass is 294 g/mol. The van der Waals surface area contributed by atoms with Crippen LogP contribution in [0, 0.1) is 23.7 Å². The van der Waals surface area contributed by atoms with E-state index in [-0.39, 0.29) is 0 Å². The molecular weight excluding hydrogens is 280 g/mol. The molecule has 2 aromatic rings. The van der Waals surface area contributed by atoms with E-state index in [4.69, 9.17) is 11.6 Å². The zero-order chi connectivity index (χ0) is 14.9. The predicted molar refractivity (Wildman–Crippen MR) is 86.7 cm³/mol. The van der Waals surface area contributed by atoms with Crippen LogP contribution >= 0.6 is 11.6 Å². The van der Waals surface area contributed by atoms with Crippen LogP contribution in [0.1, 0.15) is 23.7 Å². The van der Waals surface area contributed by atoms with Crippen molar-refractivity contribution in [2.75, 3.05) is 0 Å². The van der Waals surface area contributed by atoms with Crippen LogP contribution in [0.25, 0.3) is 0 Å². The van der Waals surface area contributed by atoms with Gasteiger partial charge in [-0.25, -0.2) is 0 Å². The molecule has 1 N–H and O–H groups in total. The molecule has 0 aliphatic carbocycles. The summed E-state index contributed by atoms with van der Waals surface area (Å²) in [5.41, 5.74) is 1.87. The molecule has 2 aromatic carbocycles. The number of hydrogen-bond acceptors (Lipinski definition) is 1. The van der Waals surface area contributed by atoms with Gasteiger partial charge in [-0.15, -0.1) is 0 Å². The summed E-state index contributed by atoms with van der Waals surface area (Å²) < 4.78 is 0. The molecule has 0 radical (unpaired) electrons. The highest BCUT2D eigenvalue weighted by Crippen LogP contribution is 2.21. The van der Waals surface area contributed by atoms with E-state index in [1.165, 1.54) is 5.56 Å². The molecule has 0 aromatic heterocycles. The average Bonchev–Trinajstić information content (AvgIpc) is 2.52. The van der Waals surface area contributed by atoms with Gasteiger partial charge >= 0.3 is 0 Å². The van der Waals surface area contributed by atoms with Crippen molar-refractivity contribution < 1.29 is 5.11 Å². The Morgan fingerprint density at radius 2 is 1.67 bits per heavy atom. The van der Waals surface area contributed by atoms with E-state index >= 15 is 0 Å². The van der Waals surface area contributed by atoms with E-state index < -0.39 is 6.10 Å². The topological polar surface area (TPSA) is 20.2 Å². The highest BCUT2D eigenvalue weighted by atomic mass is 35.5. The number of benzene rings is 2. The van der Waals surface area contributed by atoms with Gasteiger partial charge < -0.3 is 5.11 Å². The van der Waals surface area contributed by atoms with Crippen molar-refractivity contribution in [2.24, 2.45) is 0 Å². The minimum Gasteiger partial charge on any atom is -0.376 e. The first kappa shape index (κ1) is 15.2. The van der Waals surface area contributed by atoms with E-state index in [2.05, 4.69) is 35.8 Å². The molecule has 2 heteroatoms. The first-order valence-electron chi connectivity index (χ1n) is 6.72. The molecule has 2 rings (SSSR count). The van der Waals surface area contributed by atoms with Crippen molar-refractivity contribution >= 4 is 11.6 Å². The van der Waals surface area contributed by atoms with Crippen molar-refractivity contribution in [1.82, 2.24) is 0 Å². The van der Waals surface area contributed by atoms with Gasteiger partial charge in [0, 0.05) is 17.0 Å². The summed E-state index contributed by atoms with van der Waals surface area (Å²) in [4.78, 5) is 0. The van der Waals surface area contributed by atoms with Crippen LogP contribution in [0.3, 0.4) is 0 Å². The molecule has 104 valence electrons. The van der Waals surface area contributed by atoms with E-state index in [9.17, 15) is 5.11 Å². The first-order chi connectivity index (χ1) is 10.3. The van der Waals surface area contributed by atoms with Crippen LogP contribution in [0.4, 0.5) is 0 Å². The first-order valence-corrected chi connectivity index (χ1v) is 7.10. The highest BCUT2D eigenvalue weighted by Gasteiger charge is 2.06. The zero-order valence-corrected chi connectivity index (χ0v) is 12.3. The Kier molecular flexibility index (Phi) is 5.92. The van der Waals surface area contributed by atoms with Crippen molar-refractivity contribution in [1.29, 1.82) is 0 Å². The Morgan fingerprint density at radius 1 is 0.952 bits per heavy atom. The summed E-state index contributed by atoms with van der Waals surface area (Å²) >= 11 is 5.99. The molecule has 0 fully saturated rings. The number of aryl methyl sites for hydroxylation is 1. The number of aliphatic hydroxyl groups excluding tert-OH is 1. The van der Waals surface area contributed by atoms with Crippen molar-refractivity contribution in [3.8, 4) is 23.7 Å². The summed E-state index contributed by atoms with van der Waals surface area (Å²) in [5.74, 6) is 11.1. The zero-order valence-electron chi connectivity index (χ0n) is 11.5. The largest absolute Gasteiger partial charge is 0.376 e. The molecule has 0 spiro atoms. The Bertz CT molecular complexity index is 699. The Hall–Kier alpha value is -2.19. The molecule has 0 amide bonds. The second kappa shape index (κ2) is 8.18. The van der Waals surface area contributed by atoms with Crippen molar-refractivity contribution in [3.05, 3.63) is 70.7 Å². The maximum absolute atomic E-state index is 9.91. The maximum Gasteiger partial charge on any atom is 0.142 e. The van der Waals surface area contributed by atoms with Crippen LogP contribution < -0.4 is 0 Å². The molecule has 0 aliphatic heterocycles. The number of halogens is 1. The van der Waals surface area contributed by atoms with Gasteiger partial charge in [0.1, 0.15) is 6.10 Å². The smallest absolute Gasteiger partial charge is 0.142 e. The molecule has 21 heavy (non-hydrogen) atoms. The molecule has 0 aliphatic rings. The van der Waals surface area contributed by atoms with Gasteiger partial charge in [-0.2, -0.15) is 0 Å². The lowest BCUT2D eigenvalue weighted by Gasteiger charge is -2.04. The number of aliphatic hydroxyl groups is 1. The molecule has 1 nitrogen and oxygen atoms in total. The van der Waals surface area contributed by atoms with E-state index in [0.29, 0.717) is 10.6 Å². The van der Waals surface area contributed by atoms with Crippen LogP contribution in [0.2, 0.25) is 5.02 Å². The van der Waals surface area contributed by atoms with Gasteiger partial charge in [0.2, 0.25) is 0 Å². The third kappa shape index (κ3) is 5.01. The summed E-state index contributed by atoms with van der Waals surface area (Å²) in [6.07, 6.45) is 0.755. The molecule has 0 heterocycles. The van der Waals surface area contributed by atoms with Crippen molar-refractivity contribution in [2.45, 2.75) is 18.9 Å². The second-order valence-electron chi connectivity index (χ2n) is 4.48. The number of rotatable bonds is 3. The Labute approximate surface area is 130 Å². The van der Waals surface area contributed by atoms with Gasteiger partial charge in [0.05, 0.1) is 0 Å². The van der Waals surface area contributed by atoms with E-state index in [1.807, 2.05) is 30.3 Å². The third-order valence-electron chi connectivity index (χ3n) is 2.94. The molecule has 0 bridgehead atoms. The van der Waals surface area contributed by atoms with Crippen LogP contribution in [-0.2, 0) is 6.42 Å². The standard InChI is InChI=1S/C19H15ClO/c20-18-14-9-8-13-17(18)19(21)15-7-2-1-4-10-16-11-5-3-6-12-16/h3,5-6,8-9,11-14,19,21H,4,10H2/t19-/m0/s1. The fraction of sp³-hybridized carbons (Fsp3) is 0.158. The molecule has 0 unspecified atom stereocenters. The lowest BCUT2D eigenvalue weighted by Crippen LogP contribution is -1.93. The van der Waals surface area contributed by atoms with Crippen LogP contribution in [0.15, 0.2) is 54.6 Å².